The van der Waals surface area contributed by atoms with Gasteiger partial charge in [-0.15, -0.1) is 0 Å². The number of phenolic OH excluding ortho intramolecular Hbond substituents is 4. The molecule has 8 N–H and O–H groups in total. The minimum atomic E-state index is -0.372. The highest BCUT2D eigenvalue weighted by molar-refractivity contribution is 6.07. The van der Waals surface area contributed by atoms with Gasteiger partial charge in [-0.2, -0.15) is 0 Å². The molecule has 62 heavy (non-hydrogen) atoms. The lowest BCUT2D eigenvalue weighted by atomic mass is 9.97. The maximum atomic E-state index is 11.2. The summed E-state index contributed by atoms with van der Waals surface area (Å²) in [7, 11) is 0. The first-order valence-electron chi connectivity index (χ1n) is 18.2. The number of carbonyl (C=O) groups excluding carboxylic acids is 3. The molecule has 0 aliphatic heterocycles. The number of benzene rings is 4. The zero-order chi connectivity index (χ0) is 45.9. The average molecular weight is 845 g/mol. The lowest BCUT2D eigenvalue weighted by Crippen LogP contribution is -1.92. The summed E-state index contributed by atoms with van der Waals surface area (Å²) in [5.41, 5.74) is 4.63. The molecular weight excluding hydrogens is 805 g/mol. The second kappa shape index (κ2) is 17.7. The third kappa shape index (κ3) is 7.57. The molecule has 0 spiro atoms. The van der Waals surface area contributed by atoms with Crippen molar-refractivity contribution in [2.75, 3.05) is 0 Å². The summed E-state index contributed by atoms with van der Waals surface area (Å²) in [4.78, 5) is 32.5. The molecule has 0 fully saturated rings. The molecule has 0 bridgehead atoms. The summed E-state index contributed by atoms with van der Waals surface area (Å²) < 4.78 is 20.5. The van der Waals surface area contributed by atoms with E-state index in [-0.39, 0.29) is 102 Å². The number of carbonyl (C=O) groups is 3. The third-order valence-corrected chi connectivity index (χ3v) is 9.98. The number of hydrogen-bond donors (Lipinski definition) is 8. The molecule has 0 saturated heterocycles. The van der Waals surface area contributed by atoms with Crippen molar-refractivity contribution in [3.8, 4) is 46.0 Å². The monoisotopic (exact) mass is 844 g/mol. The van der Waals surface area contributed by atoms with Gasteiger partial charge in [-0.3, -0.25) is 14.4 Å². The minimum Gasteiger partial charge on any atom is -0.504 e. The van der Waals surface area contributed by atoms with Crippen molar-refractivity contribution >= 4 is 87.0 Å². The van der Waals surface area contributed by atoms with E-state index < -0.39 is 0 Å². The van der Waals surface area contributed by atoms with Gasteiger partial charge in [0.05, 0.1) is 21.5 Å². The van der Waals surface area contributed by atoms with Crippen LogP contribution < -0.4 is 0 Å². The molecule has 4 heterocycles. The summed E-state index contributed by atoms with van der Waals surface area (Å²) in [6.45, 7) is 21.0. The van der Waals surface area contributed by atoms with Gasteiger partial charge < -0.3 is 58.5 Å². The average Bonchev–Trinajstić information content (AvgIpc) is 4.02. The van der Waals surface area contributed by atoms with Crippen LogP contribution in [0.2, 0.25) is 0 Å². The Hall–Kier alpha value is -8.59. The smallest absolute Gasteiger partial charge is 0.209 e. The number of rotatable bonds is 7. The Bertz CT molecular complexity index is 3020. The summed E-state index contributed by atoms with van der Waals surface area (Å²) in [6.07, 6.45) is 8.50. The van der Waals surface area contributed by atoms with Crippen LogP contribution in [0.4, 0.5) is 0 Å². The normalized spacial score (nSPS) is 10.6. The van der Waals surface area contributed by atoms with Crippen LogP contribution in [0.1, 0.15) is 76.2 Å². The van der Waals surface area contributed by atoms with Crippen LogP contribution in [0.3, 0.4) is 0 Å². The fourth-order valence-corrected chi connectivity index (χ4v) is 6.40. The highest BCUT2D eigenvalue weighted by Crippen LogP contribution is 2.44. The van der Waals surface area contributed by atoms with Crippen molar-refractivity contribution in [1.82, 2.24) is 0 Å². The van der Waals surface area contributed by atoms with Crippen LogP contribution in [0.5, 0.6) is 46.0 Å². The Morgan fingerprint density at radius 2 is 0.984 bits per heavy atom. The summed E-state index contributed by atoms with van der Waals surface area (Å²) in [5, 5.41) is 79.0. The SMILES string of the molecule is C=Cc1cc2c(O)c(C=C)oc2c(O)c1C.C=Cc1oc2c(O)c(C)c(C=C)c(C=O)c2c1O.Cc1c(C=O)cc2c(O)c(C=O)oc2c1O.Cc1ccc2c(O)coc2c1O. The molecule has 0 atom stereocenters. The third-order valence-electron chi connectivity index (χ3n) is 9.98. The van der Waals surface area contributed by atoms with Crippen LogP contribution in [-0.2, 0) is 0 Å². The van der Waals surface area contributed by atoms with Crippen molar-refractivity contribution in [3.05, 3.63) is 119 Å². The van der Waals surface area contributed by atoms with Gasteiger partial charge in [-0.1, -0.05) is 44.5 Å². The Balaban J connectivity index is 0.000000157. The number of phenols is 4. The highest BCUT2D eigenvalue weighted by Gasteiger charge is 2.23. The summed E-state index contributed by atoms with van der Waals surface area (Å²) >= 11 is 0. The van der Waals surface area contributed by atoms with Crippen molar-refractivity contribution in [1.29, 1.82) is 0 Å². The molecule has 0 saturated carbocycles. The Labute approximate surface area is 351 Å². The minimum absolute atomic E-state index is 0.00250. The molecule has 4 aromatic heterocycles. The summed E-state index contributed by atoms with van der Waals surface area (Å²) in [6, 6.07) is 6.53. The molecule has 8 aromatic rings. The molecule has 15 heteroatoms. The molecule has 4 aromatic carbocycles. The maximum absolute atomic E-state index is 11.2. The molecular formula is C47H40O15. The van der Waals surface area contributed by atoms with E-state index in [9.17, 15) is 55.2 Å². The molecule has 8 rings (SSSR count). The van der Waals surface area contributed by atoms with Crippen molar-refractivity contribution in [2.24, 2.45) is 0 Å². The first kappa shape index (κ1) is 44.5. The van der Waals surface area contributed by atoms with Gasteiger partial charge in [0, 0.05) is 27.8 Å². The van der Waals surface area contributed by atoms with E-state index in [4.69, 9.17) is 17.7 Å². The number of aryl methyl sites for hydroxylation is 1. The van der Waals surface area contributed by atoms with Gasteiger partial charge in [0.25, 0.3) is 0 Å². The Morgan fingerprint density at radius 3 is 1.52 bits per heavy atom. The number of aldehydes is 3. The predicted molar refractivity (Wildman–Crippen MR) is 234 cm³/mol. The lowest BCUT2D eigenvalue weighted by molar-refractivity contribution is 0.109. The van der Waals surface area contributed by atoms with Crippen molar-refractivity contribution < 1.29 is 72.9 Å². The molecule has 0 aliphatic carbocycles. The quantitative estimate of drug-likeness (QED) is 0.0693. The number of aromatic hydroxyl groups is 8. The van der Waals surface area contributed by atoms with E-state index in [1.54, 1.807) is 52.0 Å². The van der Waals surface area contributed by atoms with Gasteiger partial charge in [-0.25, -0.2) is 0 Å². The second-order valence-corrected chi connectivity index (χ2v) is 13.5. The van der Waals surface area contributed by atoms with Gasteiger partial charge >= 0.3 is 0 Å². The molecule has 0 radical (unpaired) electrons. The van der Waals surface area contributed by atoms with E-state index in [1.807, 2.05) is 0 Å². The first-order chi connectivity index (χ1) is 29.5. The first-order valence-corrected chi connectivity index (χ1v) is 18.2. The maximum Gasteiger partial charge on any atom is 0.209 e. The molecule has 318 valence electrons. The largest absolute Gasteiger partial charge is 0.504 e. The Morgan fingerprint density at radius 1 is 0.468 bits per heavy atom. The number of fused-ring (bicyclic) bond motifs is 4. The molecule has 0 unspecified atom stereocenters. The van der Waals surface area contributed by atoms with E-state index >= 15 is 0 Å². The topological polar surface area (TPSA) is 266 Å². The van der Waals surface area contributed by atoms with Gasteiger partial charge in [0.15, 0.2) is 92.4 Å². The van der Waals surface area contributed by atoms with Crippen LogP contribution in [0, 0.1) is 27.7 Å². The van der Waals surface area contributed by atoms with Crippen LogP contribution in [0.25, 0.3) is 68.2 Å². The number of hydrogen-bond acceptors (Lipinski definition) is 15. The second-order valence-electron chi connectivity index (χ2n) is 13.5. The number of furan rings is 4. The van der Waals surface area contributed by atoms with Gasteiger partial charge in [0.2, 0.25) is 5.76 Å². The fourth-order valence-electron chi connectivity index (χ4n) is 6.40. The molecule has 15 nitrogen and oxygen atoms in total. The van der Waals surface area contributed by atoms with Gasteiger partial charge in [-0.05, 0) is 74.7 Å². The van der Waals surface area contributed by atoms with Crippen LogP contribution in [-0.4, -0.2) is 59.7 Å². The fraction of sp³-hybridized carbons (Fsp3) is 0.0851. The zero-order valence-corrected chi connectivity index (χ0v) is 33.7. The van der Waals surface area contributed by atoms with Crippen LogP contribution >= 0.6 is 0 Å². The highest BCUT2D eigenvalue weighted by atomic mass is 16.4. The Kier molecular flexibility index (Phi) is 12.7. The lowest BCUT2D eigenvalue weighted by Gasteiger charge is -2.07. The molecule has 0 aliphatic rings. The van der Waals surface area contributed by atoms with Crippen molar-refractivity contribution in [3.63, 3.8) is 0 Å². The van der Waals surface area contributed by atoms with E-state index in [2.05, 4.69) is 26.3 Å². The van der Waals surface area contributed by atoms with E-state index in [0.29, 0.717) is 57.5 Å². The van der Waals surface area contributed by atoms with Gasteiger partial charge in [0.1, 0.15) is 12.5 Å². The summed E-state index contributed by atoms with van der Waals surface area (Å²) in [5.74, 6) is -0.684. The molecule has 0 amide bonds. The van der Waals surface area contributed by atoms with Crippen LogP contribution in [0.15, 0.2) is 74.5 Å². The van der Waals surface area contributed by atoms with E-state index in [1.165, 1.54) is 30.6 Å². The zero-order valence-electron chi connectivity index (χ0n) is 33.7. The standard InChI is InChI=1S/C14H12O4.C13H12O3.C11H8O5.C9H8O3/c1-4-8-7(3)12(16)14-11(9(8)6-15)13(17)10(5-2)18-14;1-4-8-6-9-12(15)10(5-2)16-13(9)11(14)7(8)3;1-5-6(3-12)2-7-10(15)8(4-13)16-11(7)9(5)14;1-5-2-3-6-7(10)4-12-9(6)8(5)11/h4-6,16-17H,1-2H2,3H3;4-6,14-15H,1-2H2,3H3;2-4,14-15H,1H3;2-4,10-11H,1H3. The van der Waals surface area contributed by atoms with E-state index in [0.717, 1.165) is 11.1 Å². The predicted octanol–water partition coefficient (Wildman–Crippen LogP) is 10.6. The van der Waals surface area contributed by atoms with Crippen molar-refractivity contribution in [2.45, 2.75) is 27.7 Å².